The third-order valence-corrected chi connectivity index (χ3v) is 2.99. The largest absolute Gasteiger partial charge is 0.475 e. The summed E-state index contributed by atoms with van der Waals surface area (Å²) in [5, 5.41) is 19.3. The van der Waals surface area contributed by atoms with Crippen LogP contribution in [-0.2, 0) is 10.3 Å². The Balaban J connectivity index is 2.27. The van der Waals surface area contributed by atoms with Crippen LogP contribution in [0.2, 0.25) is 0 Å². The number of rotatable bonds is 2. The Morgan fingerprint density at radius 3 is 2.41 bits per heavy atom. The van der Waals surface area contributed by atoms with Crippen molar-refractivity contribution in [3.05, 3.63) is 23.7 Å². The minimum atomic E-state index is -1.13. The number of hydrogen-bond donors (Lipinski definition) is 2. The van der Waals surface area contributed by atoms with Gasteiger partial charge in [-0.15, -0.1) is 0 Å². The number of ether oxygens (including phenoxy) is 1. The quantitative estimate of drug-likeness (QED) is 0.823. The van der Waals surface area contributed by atoms with Gasteiger partial charge in [0.1, 0.15) is 11.4 Å². The summed E-state index contributed by atoms with van der Waals surface area (Å²) in [5.74, 6) is -0.981. The topological polar surface area (TPSA) is 79.9 Å². The van der Waals surface area contributed by atoms with E-state index in [1.165, 1.54) is 12.1 Å². The molecule has 2 atom stereocenters. The summed E-state index contributed by atoms with van der Waals surface area (Å²) in [6.45, 7) is 3.75. The highest BCUT2D eigenvalue weighted by Crippen LogP contribution is 2.38. The van der Waals surface area contributed by atoms with Gasteiger partial charge < -0.3 is 19.4 Å². The van der Waals surface area contributed by atoms with Gasteiger partial charge in [-0.05, 0) is 26.0 Å². The van der Waals surface area contributed by atoms with E-state index in [9.17, 15) is 9.90 Å². The van der Waals surface area contributed by atoms with Crippen LogP contribution < -0.4 is 0 Å². The van der Waals surface area contributed by atoms with Gasteiger partial charge in [0.05, 0.1) is 12.2 Å². The first-order valence-electron chi connectivity index (χ1n) is 5.62. The summed E-state index contributed by atoms with van der Waals surface area (Å²) in [7, 11) is 0. The Labute approximate surface area is 99.0 Å². The molecule has 1 saturated heterocycles. The predicted octanol–water partition coefficient (Wildman–Crippen LogP) is 1.75. The molecule has 1 aliphatic heterocycles. The van der Waals surface area contributed by atoms with Gasteiger partial charge in [0.15, 0.2) is 0 Å². The van der Waals surface area contributed by atoms with Gasteiger partial charge in [0.25, 0.3) is 0 Å². The fourth-order valence-electron chi connectivity index (χ4n) is 2.43. The van der Waals surface area contributed by atoms with E-state index in [1.54, 1.807) is 0 Å². The smallest absolute Gasteiger partial charge is 0.371 e. The van der Waals surface area contributed by atoms with Gasteiger partial charge in [-0.1, -0.05) is 0 Å². The second-order valence-corrected chi connectivity index (χ2v) is 4.67. The van der Waals surface area contributed by atoms with Crippen LogP contribution in [0, 0.1) is 0 Å². The fourth-order valence-corrected chi connectivity index (χ4v) is 2.43. The fraction of sp³-hybridized carbons (Fsp3) is 0.583. The number of carboxylic acids is 1. The molecular formula is C12H16O5. The lowest BCUT2D eigenvalue weighted by atomic mass is 9.86. The molecule has 5 heteroatoms. The van der Waals surface area contributed by atoms with Crippen LogP contribution >= 0.6 is 0 Å². The first kappa shape index (κ1) is 12.1. The van der Waals surface area contributed by atoms with Crippen molar-refractivity contribution < 1.29 is 24.2 Å². The maximum Gasteiger partial charge on any atom is 0.371 e. The van der Waals surface area contributed by atoms with Gasteiger partial charge in [-0.2, -0.15) is 0 Å². The van der Waals surface area contributed by atoms with E-state index in [1.807, 2.05) is 13.8 Å². The van der Waals surface area contributed by atoms with Crippen molar-refractivity contribution in [1.82, 2.24) is 0 Å². The molecule has 17 heavy (non-hydrogen) atoms. The second-order valence-electron chi connectivity index (χ2n) is 4.67. The molecule has 0 amide bonds. The average Bonchev–Trinajstić information content (AvgIpc) is 2.63. The number of carboxylic acid groups (broad SMARTS) is 1. The third-order valence-electron chi connectivity index (χ3n) is 2.99. The zero-order chi connectivity index (χ0) is 12.6. The van der Waals surface area contributed by atoms with Crippen molar-refractivity contribution in [2.45, 2.75) is 44.5 Å². The van der Waals surface area contributed by atoms with Crippen LogP contribution in [0.15, 0.2) is 16.5 Å². The molecule has 0 radical (unpaired) electrons. The third kappa shape index (κ3) is 2.35. The molecule has 1 aromatic rings. The van der Waals surface area contributed by atoms with E-state index < -0.39 is 11.6 Å². The summed E-state index contributed by atoms with van der Waals surface area (Å²) in [4.78, 5) is 10.7. The van der Waals surface area contributed by atoms with Gasteiger partial charge in [0, 0.05) is 12.8 Å². The molecule has 2 N–H and O–H groups in total. The zero-order valence-electron chi connectivity index (χ0n) is 9.84. The molecule has 1 fully saturated rings. The van der Waals surface area contributed by atoms with Crippen LogP contribution in [-0.4, -0.2) is 28.4 Å². The van der Waals surface area contributed by atoms with Crippen LogP contribution in [0.4, 0.5) is 0 Å². The number of aromatic carboxylic acids is 1. The molecule has 0 saturated carbocycles. The standard InChI is InChI=1S/C12H16O5/c1-7-5-12(15,6-8(2)16-7)10-4-3-9(17-10)11(13)14/h3-4,7-8,15H,5-6H2,1-2H3,(H,13,14). The average molecular weight is 240 g/mol. The number of hydrogen-bond acceptors (Lipinski definition) is 4. The Morgan fingerprint density at radius 1 is 1.35 bits per heavy atom. The van der Waals surface area contributed by atoms with Crippen LogP contribution in [0.25, 0.3) is 0 Å². The normalized spacial score (nSPS) is 33.6. The van der Waals surface area contributed by atoms with E-state index in [0.29, 0.717) is 18.6 Å². The van der Waals surface area contributed by atoms with E-state index in [0.717, 1.165) is 0 Å². The van der Waals surface area contributed by atoms with Crippen molar-refractivity contribution in [1.29, 1.82) is 0 Å². The minimum Gasteiger partial charge on any atom is -0.475 e. The van der Waals surface area contributed by atoms with Gasteiger partial charge in [-0.25, -0.2) is 4.79 Å². The molecule has 0 spiro atoms. The first-order valence-corrected chi connectivity index (χ1v) is 5.62. The van der Waals surface area contributed by atoms with E-state index >= 15 is 0 Å². The molecule has 0 aromatic carbocycles. The van der Waals surface area contributed by atoms with Gasteiger partial charge >= 0.3 is 5.97 Å². The van der Waals surface area contributed by atoms with Crippen molar-refractivity contribution in [3.63, 3.8) is 0 Å². The monoisotopic (exact) mass is 240 g/mol. The molecule has 1 aliphatic rings. The SMILES string of the molecule is CC1CC(O)(c2ccc(C(=O)O)o2)CC(C)O1. The van der Waals surface area contributed by atoms with E-state index in [4.69, 9.17) is 14.3 Å². The summed E-state index contributed by atoms with van der Waals surface area (Å²) in [6.07, 6.45) is 0.651. The maximum absolute atomic E-state index is 10.7. The second kappa shape index (κ2) is 4.16. The zero-order valence-corrected chi connectivity index (χ0v) is 9.84. The summed E-state index contributed by atoms with van der Waals surface area (Å²) >= 11 is 0. The van der Waals surface area contributed by atoms with E-state index in [2.05, 4.69) is 0 Å². The summed E-state index contributed by atoms with van der Waals surface area (Å²) in [5.41, 5.74) is -1.13. The Kier molecular flexibility index (Phi) is 2.97. The van der Waals surface area contributed by atoms with Crippen molar-refractivity contribution >= 4 is 5.97 Å². The highest BCUT2D eigenvalue weighted by Gasteiger charge is 2.41. The lowest BCUT2D eigenvalue weighted by Crippen LogP contribution is -2.41. The number of furan rings is 1. The molecule has 1 aromatic heterocycles. The van der Waals surface area contributed by atoms with Crippen molar-refractivity contribution in [2.75, 3.05) is 0 Å². The number of carbonyl (C=O) groups is 1. The van der Waals surface area contributed by atoms with Crippen LogP contribution in [0.1, 0.15) is 43.0 Å². The highest BCUT2D eigenvalue weighted by molar-refractivity contribution is 5.84. The Hall–Kier alpha value is -1.33. The Bertz CT molecular complexity index is 412. The van der Waals surface area contributed by atoms with Crippen molar-refractivity contribution in [3.8, 4) is 0 Å². The lowest BCUT2D eigenvalue weighted by Gasteiger charge is -2.37. The molecular weight excluding hydrogens is 224 g/mol. The predicted molar refractivity (Wildman–Crippen MR) is 58.8 cm³/mol. The molecule has 2 rings (SSSR count). The molecule has 5 nitrogen and oxygen atoms in total. The van der Waals surface area contributed by atoms with Gasteiger partial charge in [0.2, 0.25) is 5.76 Å². The Morgan fingerprint density at radius 2 is 1.94 bits per heavy atom. The first-order chi connectivity index (χ1) is 7.90. The summed E-state index contributed by atoms with van der Waals surface area (Å²) < 4.78 is 10.7. The number of aliphatic hydroxyl groups is 1. The molecule has 0 bridgehead atoms. The summed E-state index contributed by atoms with van der Waals surface area (Å²) in [6, 6.07) is 2.88. The van der Waals surface area contributed by atoms with Crippen LogP contribution in [0.5, 0.6) is 0 Å². The van der Waals surface area contributed by atoms with Crippen LogP contribution in [0.3, 0.4) is 0 Å². The maximum atomic E-state index is 10.7. The molecule has 0 aliphatic carbocycles. The molecule has 2 unspecified atom stereocenters. The van der Waals surface area contributed by atoms with Crippen molar-refractivity contribution in [2.24, 2.45) is 0 Å². The van der Waals surface area contributed by atoms with E-state index in [-0.39, 0.29) is 18.0 Å². The molecule has 2 heterocycles. The lowest BCUT2D eigenvalue weighted by molar-refractivity contribution is -0.143. The highest BCUT2D eigenvalue weighted by atomic mass is 16.5. The minimum absolute atomic E-state index is 0.0814. The molecule has 94 valence electrons. The van der Waals surface area contributed by atoms with Gasteiger partial charge in [-0.3, -0.25) is 0 Å².